The third kappa shape index (κ3) is 3.48. The number of aryl methyl sites for hydroxylation is 1. The van der Waals surface area contributed by atoms with Crippen molar-refractivity contribution in [2.45, 2.75) is 37.7 Å². The van der Waals surface area contributed by atoms with E-state index >= 15 is 0 Å². The maximum atomic E-state index is 13.5. The molecular formula is C19H28N2O3. The lowest BCUT2D eigenvalue weighted by molar-refractivity contribution is -0.142. The summed E-state index contributed by atoms with van der Waals surface area (Å²) in [4.78, 5) is 15.5. The average molecular weight is 332 g/mol. The third-order valence-electron chi connectivity index (χ3n) is 5.26. The molecule has 0 radical (unpaired) electrons. The predicted molar refractivity (Wildman–Crippen MR) is 92.9 cm³/mol. The minimum absolute atomic E-state index is 0.0636. The molecule has 0 aromatic heterocycles. The number of nitrogens with zero attached hydrogens (tertiary/aromatic N) is 1. The lowest BCUT2D eigenvalue weighted by atomic mass is 9.72. The standard InChI is InChI=1S/C19H28N2O3/c1-15-3-5-16(6-4-15)19(7-11-23-12-8-19)18(22)21-9-2-10-24-17(13-20)14-21/h3-6,17H,2,7-14,20H2,1H3. The Balaban J connectivity index is 1.90. The van der Waals surface area contributed by atoms with Crippen LogP contribution in [0.4, 0.5) is 0 Å². The molecule has 0 spiro atoms. The summed E-state index contributed by atoms with van der Waals surface area (Å²) in [6, 6.07) is 8.39. The molecule has 2 saturated heterocycles. The SMILES string of the molecule is Cc1ccc(C2(C(=O)N3CCCOC(CN)C3)CCOCC2)cc1. The Morgan fingerprint density at radius 1 is 1.25 bits per heavy atom. The zero-order valence-electron chi connectivity index (χ0n) is 14.5. The average Bonchev–Trinajstić information content (AvgIpc) is 2.88. The van der Waals surface area contributed by atoms with E-state index in [9.17, 15) is 4.79 Å². The van der Waals surface area contributed by atoms with Crippen LogP contribution in [0, 0.1) is 6.92 Å². The highest BCUT2D eigenvalue weighted by molar-refractivity contribution is 5.88. The predicted octanol–water partition coefficient (Wildman–Crippen LogP) is 1.62. The molecule has 2 aliphatic rings. The van der Waals surface area contributed by atoms with Crippen molar-refractivity contribution < 1.29 is 14.3 Å². The second-order valence-corrected chi connectivity index (χ2v) is 6.89. The normalized spacial score (nSPS) is 24.4. The lowest BCUT2D eigenvalue weighted by Gasteiger charge is -2.40. The first kappa shape index (κ1) is 17.4. The van der Waals surface area contributed by atoms with Crippen LogP contribution in [0.25, 0.3) is 0 Å². The fourth-order valence-corrected chi connectivity index (χ4v) is 3.74. The molecule has 5 nitrogen and oxygen atoms in total. The Kier molecular flexibility index (Phi) is 5.54. The topological polar surface area (TPSA) is 64.8 Å². The van der Waals surface area contributed by atoms with E-state index in [1.165, 1.54) is 5.56 Å². The van der Waals surface area contributed by atoms with Gasteiger partial charge in [0.15, 0.2) is 0 Å². The lowest BCUT2D eigenvalue weighted by Crippen LogP contribution is -2.52. The second-order valence-electron chi connectivity index (χ2n) is 6.89. The van der Waals surface area contributed by atoms with Crippen molar-refractivity contribution in [3.8, 4) is 0 Å². The Morgan fingerprint density at radius 2 is 1.96 bits per heavy atom. The highest BCUT2D eigenvalue weighted by Crippen LogP contribution is 2.37. The number of carbonyl (C=O) groups excluding carboxylic acids is 1. The molecule has 1 atom stereocenters. The van der Waals surface area contributed by atoms with Crippen LogP contribution in [0.2, 0.25) is 0 Å². The van der Waals surface area contributed by atoms with Crippen LogP contribution in [0.1, 0.15) is 30.4 Å². The van der Waals surface area contributed by atoms with Gasteiger partial charge in [-0.3, -0.25) is 4.79 Å². The molecule has 1 amide bonds. The monoisotopic (exact) mass is 332 g/mol. The van der Waals surface area contributed by atoms with Crippen molar-refractivity contribution >= 4 is 5.91 Å². The molecule has 0 bridgehead atoms. The van der Waals surface area contributed by atoms with Gasteiger partial charge in [-0.2, -0.15) is 0 Å². The minimum Gasteiger partial charge on any atom is -0.381 e. The van der Waals surface area contributed by atoms with Gasteiger partial charge in [0.25, 0.3) is 0 Å². The summed E-state index contributed by atoms with van der Waals surface area (Å²) in [6.07, 6.45) is 2.27. The quantitative estimate of drug-likeness (QED) is 0.913. The number of hydrogen-bond acceptors (Lipinski definition) is 4. The summed E-state index contributed by atoms with van der Waals surface area (Å²) in [7, 11) is 0. The van der Waals surface area contributed by atoms with E-state index in [0.717, 1.165) is 31.4 Å². The molecule has 2 aliphatic heterocycles. The fraction of sp³-hybridized carbons (Fsp3) is 0.632. The van der Waals surface area contributed by atoms with Crippen LogP contribution in [0.3, 0.4) is 0 Å². The number of rotatable bonds is 3. The number of ether oxygens (including phenoxy) is 2. The zero-order chi connectivity index (χ0) is 17.0. The van der Waals surface area contributed by atoms with Gasteiger partial charge in [-0.1, -0.05) is 29.8 Å². The van der Waals surface area contributed by atoms with E-state index in [4.69, 9.17) is 15.2 Å². The van der Waals surface area contributed by atoms with Gasteiger partial charge in [0.05, 0.1) is 11.5 Å². The van der Waals surface area contributed by atoms with E-state index in [1.54, 1.807) is 0 Å². The van der Waals surface area contributed by atoms with E-state index in [1.807, 2.05) is 4.90 Å². The molecule has 24 heavy (non-hydrogen) atoms. The van der Waals surface area contributed by atoms with Gasteiger partial charge in [-0.15, -0.1) is 0 Å². The smallest absolute Gasteiger partial charge is 0.233 e. The van der Waals surface area contributed by atoms with E-state index in [0.29, 0.717) is 32.9 Å². The Labute approximate surface area is 144 Å². The molecule has 1 aromatic rings. The number of nitrogens with two attached hydrogens (primary N) is 1. The van der Waals surface area contributed by atoms with Gasteiger partial charge >= 0.3 is 0 Å². The number of hydrogen-bond donors (Lipinski definition) is 1. The van der Waals surface area contributed by atoms with E-state index in [-0.39, 0.29) is 12.0 Å². The Bertz CT molecular complexity index is 552. The van der Waals surface area contributed by atoms with Gasteiger partial charge in [0.1, 0.15) is 0 Å². The highest BCUT2D eigenvalue weighted by atomic mass is 16.5. The van der Waals surface area contributed by atoms with Crippen molar-refractivity contribution in [3.05, 3.63) is 35.4 Å². The fourth-order valence-electron chi connectivity index (χ4n) is 3.74. The number of amides is 1. The van der Waals surface area contributed by atoms with E-state index in [2.05, 4.69) is 31.2 Å². The van der Waals surface area contributed by atoms with Crippen molar-refractivity contribution in [2.75, 3.05) is 39.5 Å². The Hall–Kier alpha value is -1.43. The van der Waals surface area contributed by atoms with Crippen LogP contribution in [0.5, 0.6) is 0 Å². The molecule has 5 heteroatoms. The molecule has 3 rings (SSSR count). The van der Waals surface area contributed by atoms with Crippen LogP contribution in [0.15, 0.2) is 24.3 Å². The minimum atomic E-state index is -0.477. The molecule has 2 heterocycles. The van der Waals surface area contributed by atoms with Crippen molar-refractivity contribution in [1.82, 2.24) is 4.90 Å². The van der Waals surface area contributed by atoms with Crippen molar-refractivity contribution in [1.29, 1.82) is 0 Å². The Morgan fingerprint density at radius 3 is 2.62 bits per heavy atom. The highest BCUT2D eigenvalue weighted by Gasteiger charge is 2.44. The molecule has 1 unspecified atom stereocenters. The van der Waals surface area contributed by atoms with Gasteiger partial charge in [-0.25, -0.2) is 0 Å². The summed E-state index contributed by atoms with van der Waals surface area (Å²) < 4.78 is 11.3. The van der Waals surface area contributed by atoms with Crippen LogP contribution in [-0.2, 0) is 19.7 Å². The van der Waals surface area contributed by atoms with Crippen LogP contribution >= 0.6 is 0 Å². The zero-order valence-corrected chi connectivity index (χ0v) is 14.5. The van der Waals surface area contributed by atoms with Gasteiger partial charge in [0, 0.05) is 39.5 Å². The summed E-state index contributed by atoms with van der Waals surface area (Å²) in [5, 5.41) is 0. The number of benzene rings is 1. The molecule has 2 fully saturated rings. The molecular weight excluding hydrogens is 304 g/mol. The molecule has 0 aliphatic carbocycles. The third-order valence-corrected chi connectivity index (χ3v) is 5.26. The summed E-state index contributed by atoms with van der Waals surface area (Å²) in [6.45, 7) is 5.78. The molecule has 132 valence electrons. The summed E-state index contributed by atoms with van der Waals surface area (Å²) in [5.74, 6) is 0.207. The molecule has 0 saturated carbocycles. The molecule has 2 N–H and O–H groups in total. The number of carbonyl (C=O) groups is 1. The van der Waals surface area contributed by atoms with Crippen LogP contribution < -0.4 is 5.73 Å². The first-order chi connectivity index (χ1) is 11.7. The van der Waals surface area contributed by atoms with Crippen molar-refractivity contribution in [2.24, 2.45) is 5.73 Å². The van der Waals surface area contributed by atoms with Gasteiger partial charge in [0.2, 0.25) is 5.91 Å². The first-order valence-electron chi connectivity index (χ1n) is 8.92. The maximum absolute atomic E-state index is 13.5. The maximum Gasteiger partial charge on any atom is 0.233 e. The summed E-state index contributed by atoms with van der Waals surface area (Å²) >= 11 is 0. The first-order valence-corrected chi connectivity index (χ1v) is 8.92. The summed E-state index contributed by atoms with van der Waals surface area (Å²) in [5.41, 5.74) is 7.63. The largest absolute Gasteiger partial charge is 0.381 e. The van der Waals surface area contributed by atoms with E-state index < -0.39 is 5.41 Å². The second kappa shape index (κ2) is 7.64. The molecule has 1 aromatic carbocycles. The van der Waals surface area contributed by atoms with Gasteiger partial charge < -0.3 is 20.1 Å². The van der Waals surface area contributed by atoms with Crippen molar-refractivity contribution in [3.63, 3.8) is 0 Å². The van der Waals surface area contributed by atoms with Crippen LogP contribution in [-0.4, -0.2) is 56.4 Å². The van der Waals surface area contributed by atoms with Gasteiger partial charge in [-0.05, 0) is 31.7 Å².